The monoisotopic (exact) mass is 350 g/mol. The van der Waals surface area contributed by atoms with Gasteiger partial charge in [-0.1, -0.05) is 0 Å². The number of aliphatic hydroxyl groups is 1. The number of aromatic amines is 1. The number of phosphoric ester groups is 1. The molecule has 0 unspecified atom stereocenters. The summed E-state index contributed by atoms with van der Waals surface area (Å²) < 4.78 is 35.8. The molecule has 3 atom stereocenters. The Balaban J connectivity index is 1.89. The highest BCUT2D eigenvalue weighted by molar-refractivity contribution is 7.46. The second kappa shape index (κ2) is 5.44. The van der Waals surface area contributed by atoms with Crippen LogP contribution in [0.3, 0.4) is 0 Å². The molecule has 3 rings (SSSR count). The second-order valence-electron chi connectivity index (χ2n) is 4.92. The van der Waals surface area contributed by atoms with Crippen LogP contribution in [0.1, 0.15) is 6.42 Å². The number of H-pyrrole nitrogens is 1. The molecule has 1 saturated heterocycles. The summed E-state index contributed by atoms with van der Waals surface area (Å²) in [4.78, 5) is 38.7. The van der Waals surface area contributed by atoms with Crippen molar-refractivity contribution in [3.05, 3.63) is 23.0 Å². The lowest BCUT2D eigenvalue weighted by atomic mass is 10.2. The van der Waals surface area contributed by atoms with Crippen molar-refractivity contribution in [3.8, 4) is 0 Å². The average Bonchev–Trinajstić information content (AvgIpc) is 2.99. The third kappa shape index (κ3) is 3.04. The van der Waals surface area contributed by atoms with Gasteiger partial charge < -0.3 is 24.6 Å². The molecule has 23 heavy (non-hydrogen) atoms. The van der Waals surface area contributed by atoms with Crippen molar-refractivity contribution in [1.82, 2.24) is 19.5 Å². The summed E-state index contributed by atoms with van der Waals surface area (Å²) in [5, 5.41) is 9.83. The smallest absolute Gasteiger partial charge is 0.390 e. The van der Waals surface area contributed by atoms with Gasteiger partial charge >= 0.3 is 7.82 Å². The van der Waals surface area contributed by atoms with Gasteiger partial charge in [0.1, 0.15) is 12.4 Å². The number of halogens is 1. The summed E-state index contributed by atoms with van der Waals surface area (Å²) in [5.74, 6) is -2.59. The van der Waals surface area contributed by atoms with Crippen LogP contribution >= 0.6 is 7.82 Å². The van der Waals surface area contributed by atoms with Crippen LogP contribution in [0.15, 0.2) is 17.4 Å². The predicted octanol–water partition coefficient (Wildman–Crippen LogP) is -1.04. The molecule has 0 aromatic carbocycles. The summed E-state index contributed by atoms with van der Waals surface area (Å²) in [6.45, 7) is -0.711. The van der Waals surface area contributed by atoms with Gasteiger partial charge in [0.2, 0.25) is 0 Å². The van der Waals surface area contributed by atoms with Crippen LogP contribution in [0.25, 0.3) is 11.2 Å². The molecule has 2 aromatic rings. The van der Waals surface area contributed by atoms with E-state index in [0.717, 1.165) is 17.2 Å². The van der Waals surface area contributed by atoms with Gasteiger partial charge in [-0.05, 0) is 0 Å². The van der Waals surface area contributed by atoms with E-state index in [4.69, 9.17) is 14.5 Å². The van der Waals surface area contributed by atoms with Gasteiger partial charge in [0.25, 0.3) is 11.5 Å². The number of alkyl halides is 1. The summed E-state index contributed by atoms with van der Waals surface area (Å²) in [6, 6.07) is 0. The third-order valence-electron chi connectivity index (χ3n) is 3.33. The lowest BCUT2D eigenvalue weighted by Gasteiger charge is -2.21. The Bertz CT molecular complexity index is 834. The maximum Gasteiger partial charge on any atom is 0.469 e. The maximum atomic E-state index is 15.0. The van der Waals surface area contributed by atoms with Gasteiger partial charge in [0.05, 0.1) is 25.5 Å². The average molecular weight is 350 g/mol. The molecule has 1 aliphatic heterocycles. The third-order valence-corrected chi connectivity index (χ3v) is 3.81. The highest BCUT2D eigenvalue weighted by Crippen LogP contribution is 2.41. The minimum atomic E-state index is -4.78. The first-order chi connectivity index (χ1) is 10.7. The van der Waals surface area contributed by atoms with Crippen molar-refractivity contribution in [3.63, 3.8) is 0 Å². The lowest BCUT2D eigenvalue weighted by molar-refractivity contribution is -0.199. The molecule has 0 saturated carbocycles. The minimum Gasteiger partial charge on any atom is -0.390 e. The molecule has 1 aliphatic rings. The second-order valence-corrected chi connectivity index (χ2v) is 6.16. The quantitative estimate of drug-likeness (QED) is 0.505. The number of imidazole rings is 1. The number of ether oxygens (including phenoxy) is 1. The highest BCUT2D eigenvalue weighted by Gasteiger charge is 2.49. The number of nitrogens with one attached hydrogen (secondary N) is 1. The van der Waals surface area contributed by atoms with E-state index in [9.17, 15) is 18.9 Å². The van der Waals surface area contributed by atoms with Crippen LogP contribution in [0.5, 0.6) is 0 Å². The Kier molecular flexibility index (Phi) is 3.83. The molecule has 3 heterocycles. The molecule has 1 fully saturated rings. The fourth-order valence-electron chi connectivity index (χ4n) is 2.31. The Labute approximate surface area is 126 Å². The van der Waals surface area contributed by atoms with E-state index in [2.05, 4.69) is 19.5 Å². The van der Waals surface area contributed by atoms with Crippen molar-refractivity contribution in [2.24, 2.45) is 0 Å². The Morgan fingerprint density at radius 2 is 2.30 bits per heavy atom. The molecule has 0 amide bonds. The molecule has 13 heteroatoms. The lowest BCUT2D eigenvalue weighted by Crippen LogP contribution is -2.30. The van der Waals surface area contributed by atoms with E-state index in [1.807, 2.05) is 0 Å². The van der Waals surface area contributed by atoms with E-state index in [-0.39, 0.29) is 11.2 Å². The molecule has 0 bridgehead atoms. The fourth-order valence-corrected chi connectivity index (χ4v) is 2.65. The SMILES string of the molecule is O=c1[nH]cnc2c1ncn2[C@@]1(F)C[C@H](O)[C@@H](COP(=O)(O)O)O1. The van der Waals surface area contributed by atoms with E-state index in [0.29, 0.717) is 0 Å². The van der Waals surface area contributed by atoms with Crippen LogP contribution in [-0.4, -0.2) is 53.2 Å². The van der Waals surface area contributed by atoms with E-state index < -0.39 is 44.6 Å². The van der Waals surface area contributed by atoms with E-state index in [1.54, 1.807) is 0 Å². The first-order valence-corrected chi connectivity index (χ1v) is 7.89. The van der Waals surface area contributed by atoms with E-state index in [1.165, 1.54) is 0 Å². The Hall–Kier alpha value is -1.69. The van der Waals surface area contributed by atoms with Crippen LogP contribution in [0, 0.1) is 0 Å². The van der Waals surface area contributed by atoms with Gasteiger partial charge in [-0.3, -0.25) is 13.9 Å². The molecule has 126 valence electrons. The number of fused-ring (bicyclic) bond motifs is 1. The molecule has 0 aliphatic carbocycles. The van der Waals surface area contributed by atoms with Crippen molar-refractivity contribution >= 4 is 19.0 Å². The standard InChI is InChI=1S/C10H12FN4O7P/c11-10(1-5(16)6(22-10)2-21-23(18,19)20)15-4-14-7-8(15)12-3-13-9(7)17/h3-6,16H,1-2H2,(H,12,13,17)(H2,18,19,20)/t5-,6+,10-/m0/s1. The van der Waals surface area contributed by atoms with Crippen LogP contribution in [0.4, 0.5) is 4.39 Å². The zero-order chi connectivity index (χ0) is 16.8. The number of hydrogen-bond donors (Lipinski definition) is 4. The van der Waals surface area contributed by atoms with Gasteiger partial charge in [0.15, 0.2) is 11.2 Å². The normalized spacial score (nSPS) is 28.5. The van der Waals surface area contributed by atoms with Crippen LogP contribution in [-0.2, 0) is 19.8 Å². The van der Waals surface area contributed by atoms with Gasteiger partial charge in [0, 0.05) is 0 Å². The molecule has 4 N–H and O–H groups in total. The number of rotatable bonds is 4. The first kappa shape index (κ1) is 16.2. The predicted molar refractivity (Wildman–Crippen MR) is 70.7 cm³/mol. The molecular formula is C10H12FN4O7P. The van der Waals surface area contributed by atoms with Gasteiger partial charge in [-0.15, -0.1) is 0 Å². The highest BCUT2D eigenvalue weighted by atomic mass is 31.2. The molecule has 2 aromatic heterocycles. The Morgan fingerprint density at radius 1 is 1.57 bits per heavy atom. The first-order valence-electron chi connectivity index (χ1n) is 6.36. The van der Waals surface area contributed by atoms with Crippen LogP contribution in [0.2, 0.25) is 0 Å². The zero-order valence-corrected chi connectivity index (χ0v) is 12.3. The van der Waals surface area contributed by atoms with Crippen molar-refractivity contribution < 1.29 is 33.1 Å². The van der Waals surface area contributed by atoms with Gasteiger partial charge in [-0.2, -0.15) is 4.39 Å². The topological polar surface area (TPSA) is 160 Å². The van der Waals surface area contributed by atoms with Crippen molar-refractivity contribution in [1.29, 1.82) is 0 Å². The molecular weight excluding hydrogens is 338 g/mol. The Morgan fingerprint density at radius 3 is 3.00 bits per heavy atom. The summed E-state index contributed by atoms with van der Waals surface area (Å²) in [5.41, 5.74) is -0.783. The summed E-state index contributed by atoms with van der Waals surface area (Å²) in [7, 11) is -4.78. The summed E-state index contributed by atoms with van der Waals surface area (Å²) in [6.07, 6.45) is -1.20. The van der Waals surface area contributed by atoms with E-state index >= 15 is 0 Å². The molecule has 0 radical (unpaired) electrons. The molecule has 11 nitrogen and oxygen atoms in total. The largest absolute Gasteiger partial charge is 0.469 e. The fraction of sp³-hybridized carbons (Fsp3) is 0.500. The maximum absolute atomic E-state index is 15.0. The summed E-state index contributed by atoms with van der Waals surface area (Å²) >= 11 is 0. The van der Waals surface area contributed by atoms with Gasteiger partial charge in [-0.25, -0.2) is 14.5 Å². The number of phosphoric acid groups is 1. The number of nitrogens with zero attached hydrogens (tertiary/aromatic N) is 3. The number of aliphatic hydroxyl groups excluding tert-OH is 1. The number of hydrogen-bond acceptors (Lipinski definition) is 7. The van der Waals surface area contributed by atoms with Crippen molar-refractivity contribution in [2.75, 3.05) is 6.61 Å². The van der Waals surface area contributed by atoms with Crippen LogP contribution < -0.4 is 5.56 Å². The van der Waals surface area contributed by atoms with Crippen molar-refractivity contribution in [2.45, 2.75) is 24.6 Å². The minimum absolute atomic E-state index is 0.0972. The zero-order valence-electron chi connectivity index (χ0n) is 11.4. The molecule has 0 spiro atoms. The number of aromatic nitrogens is 4.